The van der Waals surface area contributed by atoms with Crippen LogP contribution in [-0.2, 0) is 88.0 Å². The lowest BCUT2D eigenvalue weighted by molar-refractivity contribution is -0.141. The zero-order valence-corrected chi connectivity index (χ0v) is 62.0. The van der Waals surface area contributed by atoms with E-state index in [1.54, 1.807) is 121 Å². The highest BCUT2D eigenvalue weighted by atomic mass is 32.1. The van der Waals surface area contributed by atoms with Gasteiger partial charge in [-0.2, -0.15) is 25.3 Å². The van der Waals surface area contributed by atoms with Crippen molar-refractivity contribution in [2.45, 2.75) is 169 Å². The number of hydrogen-bond acceptors (Lipinski definition) is 22. The van der Waals surface area contributed by atoms with Gasteiger partial charge in [-0.25, -0.2) is 0 Å². The Kier molecular flexibility index (Phi) is 37.6. The van der Waals surface area contributed by atoms with Crippen LogP contribution in [0.25, 0.3) is 10.9 Å². The number of carbonyl (C=O) groups excluding carboxylic acids is 13. The Morgan fingerprint density at radius 1 is 0.402 bits per heavy atom. The standard InChI is InChI=1S/C73H102N16O16S2/c1-41(91)60(72(104)86-53(34-45-24-12-7-13-25-45)70(102)89-61(42(2)92)73(105)87-56(38-90)62(94)63(95)57(39-106)77-3)88-65(97)50(29-17-19-31-75)80-68(100)54(35-46-37-79-48-27-15-14-26-47(46)48)84-67(99)52(33-44-22-10-6-11-23-44)82-66(98)51(32-43-20-8-5-9-21-43)83-69(101)55(36-59(76)93)85-64(96)49(28-16-18-30-74)81-71(103)58(40-107)78-4/h5-15,20-27,37,41-42,49-58,60-61,77-79,90-92,106-107H,16-19,28-36,38-40,74-75H2,1-4H3,(H2,76,93)(H,80,100)(H,81,103)(H,82,98)(H,83,101)(H,84,99)(H,85,96)(H,86,104)(H,87,105)(H,88,97)(H,89,102)/t41-,42-,49?,50+,51?,52+,53+,54?,55+,56+,57+,58+,60+,61+/m1/s1. The van der Waals surface area contributed by atoms with E-state index in [4.69, 9.17) is 17.2 Å². The molecular formula is C73H102N16O16S2. The number of Topliss-reactive ketones (excluding diaryl/α,β-unsaturated/α-hetero) is 2. The minimum Gasteiger partial charge on any atom is -0.394 e. The van der Waals surface area contributed by atoms with E-state index in [-0.39, 0.29) is 69.5 Å². The first-order valence-electron chi connectivity index (χ1n) is 35.2. The number of amides is 11. The number of primary amides is 1. The fraction of sp³-hybridized carbons (Fsp3) is 0.466. The number of ketones is 2. The molecule has 1 heterocycles. The Labute approximate surface area is 631 Å². The van der Waals surface area contributed by atoms with Crippen molar-refractivity contribution in [1.29, 1.82) is 0 Å². The summed E-state index contributed by atoms with van der Waals surface area (Å²) in [4.78, 5) is 187. The first-order valence-corrected chi connectivity index (χ1v) is 36.5. The van der Waals surface area contributed by atoms with Crippen LogP contribution in [-0.4, -0.2) is 227 Å². The predicted octanol–water partition coefficient (Wildman–Crippen LogP) is -3.65. The summed E-state index contributed by atoms with van der Waals surface area (Å²) < 4.78 is 0. The van der Waals surface area contributed by atoms with Crippen LogP contribution in [0.5, 0.6) is 0 Å². The van der Waals surface area contributed by atoms with Crippen molar-refractivity contribution in [3.8, 4) is 0 Å². The van der Waals surface area contributed by atoms with Gasteiger partial charge in [0, 0.05) is 54.3 Å². The summed E-state index contributed by atoms with van der Waals surface area (Å²) in [6.45, 7) is 1.68. The molecule has 0 saturated heterocycles. The normalized spacial score (nSPS) is 15.2. The van der Waals surface area contributed by atoms with Crippen molar-refractivity contribution < 1.29 is 77.6 Å². The first kappa shape index (κ1) is 88.0. The summed E-state index contributed by atoms with van der Waals surface area (Å²) in [5, 5.41) is 63.9. The fourth-order valence-corrected chi connectivity index (χ4v) is 12.2. The number of nitrogens with one attached hydrogen (secondary N) is 13. The highest BCUT2D eigenvalue weighted by molar-refractivity contribution is 7.80. The van der Waals surface area contributed by atoms with Crippen molar-refractivity contribution in [3.63, 3.8) is 0 Å². The van der Waals surface area contributed by atoms with Crippen LogP contribution in [0.1, 0.15) is 81.0 Å². The van der Waals surface area contributed by atoms with E-state index in [0.717, 1.165) is 6.92 Å². The van der Waals surface area contributed by atoms with Gasteiger partial charge < -0.3 is 101 Å². The van der Waals surface area contributed by atoms with Gasteiger partial charge in [-0.1, -0.05) is 109 Å². The minimum absolute atomic E-state index is 0.0706. The second kappa shape index (κ2) is 45.8. The van der Waals surface area contributed by atoms with Crippen molar-refractivity contribution in [1.82, 2.24) is 68.8 Å². The van der Waals surface area contributed by atoms with E-state index < -0.39 is 174 Å². The third kappa shape index (κ3) is 28.2. The molecule has 582 valence electrons. The van der Waals surface area contributed by atoms with Gasteiger partial charge in [-0.3, -0.25) is 62.3 Å². The molecule has 0 bridgehead atoms. The monoisotopic (exact) mass is 1520 g/mol. The number of unbranched alkanes of at least 4 members (excludes halogenated alkanes) is 2. The zero-order valence-electron chi connectivity index (χ0n) is 60.2. The Hall–Kier alpha value is -9.65. The van der Waals surface area contributed by atoms with E-state index >= 15 is 14.4 Å². The van der Waals surface area contributed by atoms with Gasteiger partial charge in [0.15, 0.2) is 0 Å². The number of aliphatic hydroxyl groups excluding tert-OH is 3. The van der Waals surface area contributed by atoms with Crippen LogP contribution >= 0.6 is 25.3 Å². The molecule has 5 aromatic rings. The van der Waals surface area contributed by atoms with Gasteiger partial charge in [0.05, 0.1) is 37.3 Å². The summed E-state index contributed by atoms with van der Waals surface area (Å²) in [5.41, 5.74) is 20.0. The maximum absolute atomic E-state index is 15.3. The Balaban J connectivity index is 1.48. The van der Waals surface area contributed by atoms with E-state index in [9.17, 15) is 63.3 Å². The average molecular weight is 1520 g/mol. The number of para-hydroxylation sites is 1. The molecule has 3 unspecified atom stereocenters. The lowest BCUT2D eigenvalue weighted by atomic mass is 10.00. The molecule has 22 N–H and O–H groups in total. The van der Waals surface area contributed by atoms with E-state index in [2.05, 4.69) is 94.0 Å². The molecule has 0 spiro atoms. The molecule has 0 aliphatic rings. The average Bonchev–Trinajstić information content (AvgIpc) is 1.75. The number of fused-ring (bicyclic) bond motifs is 1. The molecule has 0 aliphatic carbocycles. The minimum atomic E-state index is -1.88. The number of hydrogen-bond donors (Lipinski definition) is 21. The Bertz CT molecular complexity index is 3760. The van der Waals surface area contributed by atoms with Crippen molar-refractivity contribution >= 4 is 113 Å². The largest absolute Gasteiger partial charge is 0.394 e. The molecule has 4 aromatic carbocycles. The Morgan fingerprint density at radius 3 is 1.12 bits per heavy atom. The number of carbonyl (C=O) groups is 13. The van der Waals surface area contributed by atoms with E-state index in [1.165, 1.54) is 21.0 Å². The second-order valence-electron chi connectivity index (χ2n) is 25.8. The third-order valence-electron chi connectivity index (χ3n) is 17.6. The van der Waals surface area contributed by atoms with E-state index in [1.807, 2.05) is 0 Å². The number of benzene rings is 4. The summed E-state index contributed by atoms with van der Waals surface area (Å²) in [6, 6.07) is 14.0. The molecule has 1 aromatic heterocycles. The van der Waals surface area contributed by atoms with Crippen LogP contribution in [0.3, 0.4) is 0 Å². The fourth-order valence-electron chi connectivity index (χ4n) is 11.5. The highest BCUT2D eigenvalue weighted by Gasteiger charge is 2.40. The molecule has 11 amide bonds. The molecular weight excluding hydrogens is 1420 g/mol. The van der Waals surface area contributed by atoms with E-state index in [0.29, 0.717) is 52.4 Å². The van der Waals surface area contributed by atoms with Crippen LogP contribution in [0, 0.1) is 0 Å². The molecule has 0 aliphatic heterocycles. The summed E-state index contributed by atoms with van der Waals surface area (Å²) in [5.74, 6) is -13.0. The van der Waals surface area contributed by atoms with Crippen LogP contribution in [0.4, 0.5) is 0 Å². The van der Waals surface area contributed by atoms with Crippen molar-refractivity contribution in [2.24, 2.45) is 17.2 Å². The van der Waals surface area contributed by atoms with Gasteiger partial charge in [-0.15, -0.1) is 0 Å². The molecule has 0 radical (unpaired) electrons. The summed E-state index contributed by atoms with van der Waals surface area (Å²) in [6.07, 6.45) is -2.15. The number of likely N-dealkylation sites (N-methyl/N-ethyl adjacent to an activating group) is 2. The maximum atomic E-state index is 15.3. The number of rotatable bonds is 48. The predicted molar refractivity (Wildman–Crippen MR) is 405 cm³/mol. The molecule has 14 atom stereocenters. The van der Waals surface area contributed by atoms with Gasteiger partial charge in [0.2, 0.25) is 76.5 Å². The smallest absolute Gasteiger partial charge is 0.245 e. The summed E-state index contributed by atoms with van der Waals surface area (Å²) >= 11 is 8.27. The molecule has 107 heavy (non-hydrogen) atoms. The number of nitrogens with two attached hydrogens (primary N) is 3. The molecule has 0 saturated carbocycles. The van der Waals surface area contributed by atoms with Crippen LogP contribution < -0.4 is 81.0 Å². The topological polar surface area (TPSA) is 521 Å². The van der Waals surface area contributed by atoms with Gasteiger partial charge in [0.1, 0.15) is 60.4 Å². The van der Waals surface area contributed by atoms with Gasteiger partial charge in [-0.05, 0) is 108 Å². The number of H-pyrrole nitrogens is 1. The first-order chi connectivity index (χ1) is 51.2. The second-order valence-corrected chi connectivity index (χ2v) is 26.5. The van der Waals surface area contributed by atoms with Gasteiger partial charge >= 0.3 is 0 Å². The number of aromatic amines is 1. The quantitative estimate of drug-likeness (QED) is 0.0101. The number of aromatic nitrogens is 1. The zero-order chi connectivity index (χ0) is 78.7. The third-order valence-corrected chi connectivity index (χ3v) is 18.3. The highest BCUT2D eigenvalue weighted by Crippen LogP contribution is 2.21. The molecule has 0 fully saturated rings. The molecule has 5 rings (SSSR count). The van der Waals surface area contributed by atoms with Crippen LogP contribution in [0.2, 0.25) is 0 Å². The molecule has 34 heteroatoms. The number of aliphatic hydroxyl groups is 3. The maximum Gasteiger partial charge on any atom is 0.245 e. The Morgan fingerprint density at radius 2 is 0.729 bits per heavy atom. The number of thiol groups is 2. The van der Waals surface area contributed by atoms with Crippen molar-refractivity contribution in [3.05, 3.63) is 144 Å². The lowest BCUT2D eigenvalue weighted by Crippen LogP contribution is -2.63. The van der Waals surface area contributed by atoms with Gasteiger partial charge in [0.25, 0.3) is 0 Å². The van der Waals surface area contributed by atoms with Crippen molar-refractivity contribution in [2.75, 3.05) is 45.3 Å². The lowest BCUT2D eigenvalue weighted by Gasteiger charge is -2.29. The summed E-state index contributed by atoms with van der Waals surface area (Å²) in [7, 11) is 2.93. The SMILES string of the molecule is CN[C@@H](CS)C(=O)NC(CCCCN)C(=O)N[C@@H](CC(N)=O)C(=O)NC(Cc1ccccc1)C(=O)N[C@@H](Cc1ccccc1)C(=O)NC(Cc1c[nH]c2ccccc12)C(=O)N[C@@H](CCCCN)C(=O)N[C@H](C(=O)N[C@@H](Cc1ccccc1)C(=O)N[C@H](C(=O)N[C@@H](CO)C(=O)C(=O)[C@H](CS)NC)[C@@H](C)O)[C@@H](C)O. The molecule has 32 nitrogen and oxygen atoms in total. The van der Waals surface area contributed by atoms with Crippen LogP contribution in [0.15, 0.2) is 121 Å².